The van der Waals surface area contributed by atoms with Crippen molar-refractivity contribution < 1.29 is 36.2 Å². The van der Waals surface area contributed by atoms with Crippen LogP contribution in [0.15, 0.2) is 12.1 Å². The van der Waals surface area contributed by atoms with Crippen molar-refractivity contribution in [1.82, 2.24) is 0 Å². The Morgan fingerprint density at radius 1 is 1.35 bits per heavy atom. The molecule has 0 amide bonds. The molecule has 1 rings (SSSR count). The van der Waals surface area contributed by atoms with Gasteiger partial charge in [-0.3, -0.25) is 0 Å². The summed E-state index contributed by atoms with van der Waals surface area (Å²) < 4.78 is 70.5. The van der Waals surface area contributed by atoms with E-state index in [1.807, 2.05) is 0 Å². The Hall–Kier alpha value is -2.37. The molecule has 0 aliphatic carbocycles. The predicted molar refractivity (Wildman–Crippen MR) is 54.1 cm³/mol. The maximum Gasteiger partial charge on any atom is 0.417 e. The molecule has 0 aliphatic rings. The number of ether oxygens (including phenoxy) is 2. The molecule has 0 saturated carbocycles. The van der Waals surface area contributed by atoms with Crippen molar-refractivity contribution in [3.63, 3.8) is 0 Å². The molecule has 108 valence electrons. The fraction of sp³-hybridized carbons (Fsp3) is 0.273. The Labute approximate surface area is 109 Å². The number of carbonyl (C=O) groups is 1. The monoisotopic (exact) mass is 295 g/mol. The molecule has 0 unspecified atom stereocenters. The zero-order chi connectivity index (χ0) is 15.5. The molecule has 1 aromatic rings. The third-order valence-corrected chi connectivity index (χ3v) is 2.15. The van der Waals surface area contributed by atoms with E-state index in [2.05, 4.69) is 9.47 Å². The topological polar surface area (TPSA) is 59.3 Å². The Balaban J connectivity index is 3.57. The third kappa shape index (κ3) is 3.34. The van der Waals surface area contributed by atoms with E-state index in [1.165, 1.54) is 6.07 Å². The maximum atomic E-state index is 12.8. The first kappa shape index (κ1) is 15.7. The van der Waals surface area contributed by atoms with Gasteiger partial charge in [-0.15, -0.1) is 0 Å². The van der Waals surface area contributed by atoms with Crippen molar-refractivity contribution in [3.05, 3.63) is 28.8 Å². The van der Waals surface area contributed by atoms with Crippen molar-refractivity contribution in [2.24, 2.45) is 0 Å². The van der Waals surface area contributed by atoms with E-state index in [-0.39, 0.29) is 6.07 Å². The molecule has 0 bridgehead atoms. The van der Waals surface area contributed by atoms with Crippen LogP contribution in [-0.2, 0) is 10.9 Å². The summed E-state index contributed by atoms with van der Waals surface area (Å²) in [5, 5.41) is 8.74. The number of rotatable bonds is 3. The molecule has 0 atom stereocenters. The van der Waals surface area contributed by atoms with E-state index in [9.17, 15) is 26.7 Å². The molecule has 4 nitrogen and oxygen atoms in total. The second-order valence-corrected chi connectivity index (χ2v) is 3.37. The van der Waals surface area contributed by atoms with Crippen LogP contribution in [0.5, 0.6) is 5.75 Å². The van der Waals surface area contributed by atoms with Crippen molar-refractivity contribution in [2.45, 2.75) is 12.8 Å². The van der Waals surface area contributed by atoms with Gasteiger partial charge in [-0.05, 0) is 12.1 Å². The molecule has 9 heteroatoms. The van der Waals surface area contributed by atoms with Crippen LogP contribution in [-0.4, -0.2) is 19.7 Å². The number of benzene rings is 1. The smallest absolute Gasteiger partial charge is 0.417 e. The minimum atomic E-state index is -5.05. The lowest BCUT2D eigenvalue weighted by molar-refractivity contribution is -0.138. The number of methoxy groups -OCH3 is 1. The zero-order valence-corrected chi connectivity index (χ0v) is 9.79. The van der Waals surface area contributed by atoms with Crippen molar-refractivity contribution in [1.29, 1.82) is 5.26 Å². The van der Waals surface area contributed by atoms with Crippen LogP contribution in [0.3, 0.4) is 0 Å². The summed E-state index contributed by atoms with van der Waals surface area (Å²) in [5.41, 5.74) is -3.41. The number of alkyl halides is 5. The molecule has 20 heavy (non-hydrogen) atoms. The highest BCUT2D eigenvalue weighted by atomic mass is 19.4. The van der Waals surface area contributed by atoms with Crippen molar-refractivity contribution in [3.8, 4) is 11.8 Å². The summed E-state index contributed by atoms with van der Waals surface area (Å²) in [7, 11) is 0.827. The summed E-state index contributed by atoms with van der Waals surface area (Å²) in [6.45, 7) is -3.37. The van der Waals surface area contributed by atoms with Gasteiger partial charge in [0.2, 0.25) is 0 Å². The van der Waals surface area contributed by atoms with Crippen molar-refractivity contribution in [2.75, 3.05) is 7.11 Å². The molecule has 0 heterocycles. The van der Waals surface area contributed by atoms with Gasteiger partial charge < -0.3 is 9.47 Å². The Kier molecular flexibility index (Phi) is 4.49. The highest BCUT2D eigenvalue weighted by molar-refractivity contribution is 5.94. The number of hydrogen-bond acceptors (Lipinski definition) is 4. The minimum Gasteiger partial charge on any atom is -0.465 e. The highest BCUT2D eigenvalue weighted by Gasteiger charge is 2.38. The van der Waals surface area contributed by atoms with Crippen LogP contribution in [0.25, 0.3) is 0 Å². The number of halogens is 5. The highest BCUT2D eigenvalue weighted by Crippen LogP contribution is 2.36. The fourth-order valence-corrected chi connectivity index (χ4v) is 1.42. The molecular weight excluding hydrogens is 289 g/mol. The number of nitriles is 1. The third-order valence-electron chi connectivity index (χ3n) is 2.15. The molecule has 0 fully saturated rings. The second kappa shape index (κ2) is 5.73. The van der Waals surface area contributed by atoms with Gasteiger partial charge in [0.25, 0.3) is 0 Å². The van der Waals surface area contributed by atoms with E-state index in [0.717, 1.165) is 7.11 Å². The predicted octanol–water partition coefficient (Wildman–Crippen LogP) is 2.97. The first-order valence-corrected chi connectivity index (χ1v) is 4.89. The van der Waals surface area contributed by atoms with E-state index in [0.29, 0.717) is 6.07 Å². The first-order chi connectivity index (χ1) is 9.20. The number of nitrogens with zero attached hydrogens (tertiary/aromatic N) is 1. The fourth-order valence-electron chi connectivity index (χ4n) is 1.42. The van der Waals surface area contributed by atoms with E-state index in [1.54, 1.807) is 0 Å². The Morgan fingerprint density at radius 2 is 1.95 bits per heavy atom. The Morgan fingerprint density at radius 3 is 2.35 bits per heavy atom. The molecule has 0 spiro atoms. The van der Waals surface area contributed by atoms with E-state index in [4.69, 9.17) is 5.26 Å². The number of hydrogen-bond donors (Lipinski definition) is 0. The summed E-state index contributed by atoms with van der Waals surface area (Å²) in [6, 6.07) is 2.12. The van der Waals surface area contributed by atoms with Gasteiger partial charge in [0.05, 0.1) is 23.8 Å². The molecule has 1 aromatic carbocycles. The van der Waals surface area contributed by atoms with Gasteiger partial charge in [-0.1, -0.05) is 0 Å². The second-order valence-electron chi connectivity index (χ2n) is 3.37. The van der Waals surface area contributed by atoms with Gasteiger partial charge in [0.1, 0.15) is 11.8 Å². The first-order valence-electron chi connectivity index (χ1n) is 4.89. The average Bonchev–Trinajstić information content (AvgIpc) is 2.35. The largest absolute Gasteiger partial charge is 0.465 e. The summed E-state index contributed by atoms with van der Waals surface area (Å²) in [6.07, 6.45) is -5.05. The van der Waals surface area contributed by atoms with Crippen LogP contribution in [0.4, 0.5) is 22.0 Å². The SMILES string of the molecule is COC(=O)c1c(C#N)cc(OC(F)F)cc1C(F)(F)F. The quantitative estimate of drug-likeness (QED) is 0.635. The van der Waals surface area contributed by atoms with Crippen LogP contribution < -0.4 is 4.74 Å². The molecule has 0 saturated heterocycles. The summed E-state index contributed by atoms with van der Waals surface area (Å²) in [5.74, 6) is -2.28. The zero-order valence-electron chi connectivity index (χ0n) is 9.79. The van der Waals surface area contributed by atoms with Gasteiger partial charge >= 0.3 is 18.8 Å². The van der Waals surface area contributed by atoms with Gasteiger partial charge in [-0.2, -0.15) is 27.2 Å². The lowest BCUT2D eigenvalue weighted by Crippen LogP contribution is -2.17. The van der Waals surface area contributed by atoms with Gasteiger partial charge in [0, 0.05) is 0 Å². The minimum absolute atomic E-state index is 0.208. The summed E-state index contributed by atoms with van der Waals surface area (Å²) >= 11 is 0. The lowest BCUT2D eigenvalue weighted by Gasteiger charge is -2.15. The number of esters is 1. The normalized spacial score (nSPS) is 11.1. The lowest BCUT2D eigenvalue weighted by atomic mass is 10.0. The van der Waals surface area contributed by atoms with Crippen LogP contribution >= 0.6 is 0 Å². The van der Waals surface area contributed by atoms with Crippen LogP contribution in [0.2, 0.25) is 0 Å². The standard InChI is InChI=1S/C11H6F5NO3/c1-19-9(18)8-5(4-17)2-6(20-10(12)13)3-7(8)11(14,15)16/h2-3,10H,1H3. The van der Waals surface area contributed by atoms with E-state index < -0.39 is 41.2 Å². The van der Waals surface area contributed by atoms with Gasteiger partial charge in [0.15, 0.2) is 0 Å². The average molecular weight is 295 g/mol. The molecule has 0 aliphatic heterocycles. The summed E-state index contributed by atoms with van der Waals surface area (Å²) in [4.78, 5) is 11.3. The Bertz CT molecular complexity index is 562. The molecule has 0 radical (unpaired) electrons. The van der Waals surface area contributed by atoms with Crippen LogP contribution in [0, 0.1) is 11.3 Å². The molecule has 0 N–H and O–H groups in total. The van der Waals surface area contributed by atoms with Crippen molar-refractivity contribution >= 4 is 5.97 Å². The van der Waals surface area contributed by atoms with E-state index >= 15 is 0 Å². The number of carbonyl (C=O) groups excluding carboxylic acids is 1. The molecule has 0 aromatic heterocycles. The van der Waals surface area contributed by atoms with Crippen LogP contribution in [0.1, 0.15) is 21.5 Å². The maximum absolute atomic E-state index is 12.8. The molecular formula is C11H6F5NO3. The van der Waals surface area contributed by atoms with Gasteiger partial charge in [-0.25, -0.2) is 4.79 Å².